The number of benzene rings is 3. The van der Waals surface area contributed by atoms with Crippen LogP contribution in [0.1, 0.15) is 15.9 Å². The third kappa shape index (κ3) is 7.08. The number of ether oxygens (including phenoxy) is 3. The predicted molar refractivity (Wildman–Crippen MR) is 134 cm³/mol. The first-order chi connectivity index (χ1) is 17.2. The maximum absolute atomic E-state index is 12.4. The monoisotopic (exact) mass is 551 g/mol. The summed E-state index contributed by atoms with van der Waals surface area (Å²) in [6.45, 7) is -0.404. The highest BCUT2D eigenvalue weighted by atomic mass is 35.5. The maximum atomic E-state index is 12.4. The Bertz CT molecular complexity index is 1310. The summed E-state index contributed by atoms with van der Waals surface area (Å²) in [5.74, 6) is -0.847. The molecule has 0 aromatic heterocycles. The van der Waals surface area contributed by atoms with Gasteiger partial charge < -0.3 is 14.2 Å². The number of nitrogens with one attached hydrogen (secondary N) is 1. The molecule has 0 aliphatic rings. The fourth-order valence-corrected chi connectivity index (χ4v) is 3.67. The van der Waals surface area contributed by atoms with Crippen LogP contribution in [0.5, 0.6) is 17.2 Å². The third-order valence-corrected chi connectivity index (χ3v) is 5.20. The number of nitro groups is 1. The minimum atomic E-state index is -0.724. The molecule has 3 aromatic rings. The number of halogens is 3. The van der Waals surface area contributed by atoms with Crippen LogP contribution in [-0.2, 0) is 4.79 Å². The van der Waals surface area contributed by atoms with E-state index in [1.165, 1.54) is 61.9 Å². The fraction of sp³-hybridized carbons (Fsp3) is 0.0870. The van der Waals surface area contributed by atoms with Crippen LogP contribution in [0.4, 0.5) is 5.69 Å². The standard InChI is InChI=1S/C23H16Cl3N3O7/c1-34-20-8-13(2-7-19(20)36-23(31)14-3-5-16(6-4-14)29(32)33)11-27-28-21(30)12-35-22-17(25)9-15(24)10-18(22)26/h2-11H,12H2,1H3,(H,28,30)/b27-11+. The number of amides is 1. The minimum Gasteiger partial charge on any atom is -0.493 e. The van der Waals surface area contributed by atoms with Crippen LogP contribution in [-0.4, -0.2) is 36.7 Å². The number of carbonyl (C=O) groups excluding carboxylic acids is 2. The second kappa shape index (κ2) is 12.2. The van der Waals surface area contributed by atoms with E-state index in [-0.39, 0.29) is 38.5 Å². The summed E-state index contributed by atoms with van der Waals surface area (Å²) in [4.78, 5) is 34.5. The van der Waals surface area contributed by atoms with E-state index in [1.54, 1.807) is 6.07 Å². The van der Waals surface area contributed by atoms with Crippen LogP contribution in [0, 0.1) is 10.1 Å². The van der Waals surface area contributed by atoms with Crippen molar-refractivity contribution in [3.8, 4) is 17.2 Å². The van der Waals surface area contributed by atoms with Crippen molar-refractivity contribution < 1.29 is 28.7 Å². The van der Waals surface area contributed by atoms with E-state index in [4.69, 9.17) is 49.0 Å². The second-order valence-electron chi connectivity index (χ2n) is 6.88. The first-order valence-corrected chi connectivity index (χ1v) is 11.0. The molecule has 3 rings (SSSR count). The minimum absolute atomic E-state index is 0.116. The second-order valence-corrected chi connectivity index (χ2v) is 8.14. The number of non-ortho nitro benzene ring substituents is 1. The molecule has 0 aliphatic carbocycles. The molecule has 0 bridgehead atoms. The number of hydrogen-bond donors (Lipinski definition) is 1. The van der Waals surface area contributed by atoms with E-state index in [2.05, 4.69) is 10.5 Å². The molecular formula is C23H16Cl3N3O7. The van der Waals surface area contributed by atoms with Gasteiger partial charge in [-0.3, -0.25) is 14.9 Å². The third-order valence-electron chi connectivity index (χ3n) is 4.42. The molecule has 186 valence electrons. The van der Waals surface area contributed by atoms with E-state index in [1.807, 2.05) is 0 Å². The van der Waals surface area contributed by atoms with Crippen molar-refractivity contribution in [2.24, 2.45) is 5.10 Å². The van der Waals surface area contributed by atoms with Crippen molar-refractivity contribution >= 4 is 58.6 Å². The zero-order valence-electron chi connectivity index (χ0n) is 18.4. The van der Waals surface area contributed by atoms with E-state index in [0.29, 0.717) is 10.6 Å². The highest BCUT2D eigenvalue weighted by Gasteiger charge is 2.15. The predicted octanol–water partition coefficient (Wildman–Crippen LogP) is 5.31. The molecule has 0 heterocycles. The summed E-state index contributed by atoms with van der Waals surface area (Å²) in [7, 11) is 1.38. The lowest BCUT2D eigenvalue weighted by molar-refractivity contribution is -0.384. The quantitative estimate of drug-likeness (QED) is 0.125. The number of methoxy groups -OCH3 is 1. The summed E-state index contributed by atoms with van der Waals surface area (Å²) in [6.07, 6.45) is 1.34. The van der Waals surface area contributed by atoms with Crippen LogP contribution in [0.15, 0.2) is 59.7 Å². The van der Waals surface area contributed by atoms with Gasteiger partial charge in [-0.2, -0.15) is 5.10 Å². The molecule has 1 N–H and O–H groups in total. The van der Waals surface area contributed by atoms with Gasteiger partial charge in [0.05, 0.1) is 33.9 Å². The Hall–Kier alpha value is -3.86. The zero-order chi connectivity index (χ0) is 26.2. The number of nitrogens with zero attached hydrogens (tertiary/aromatic N) is 2. The fourth-order valence-electron chi connectivity index (χ4n) is 2.74. The van der Waals surface area contributed by atoms with Gasteiger partial charge >= 0.3 is 5.97 Å². The van der Waals surface area contributed by atoms with Crippen molar-refractivity contribution in [3.63, 3.8) is 0 Å². The van der Waals surface area contributed by atoms with Crippen LogP contribution >= 0.6 is 34.8 Å². The Morgan fingerprint density at radius 2 is 1.69 bits per heavy atom. The molecule has 0 radical (unpaired) electrons. The van der Waals surface area contributed by atoms with Gasteiger partial charge in [-0.1, -0.05) is 34.8 Å². The zero-order valence-corrected chi connectivity index (χ0v) is 20.6. The van der Waals surface area contributed by atoms with Crippen molar-refractivity contribution in [1.29, 1.82) is 0 Å². The summed E-state index contributed by atoms with van der Waals surface area (Å²) < 4.78 is 15.9. The number of hydrogen-bond acceptors (Lipinski definition) is 8. The lowest BCUT2D eigenvalue weighted by Crippen LogP contribution is -2.24. The number of carbonyl (C=O) groups is 2. The van der Waals surface area contributed by atoms with E-state index in [9.17, 15) is 19.7 Å². The van der Waals surface area contributed by atoms with E-state index >= 15 is 0 Å². The van der Waals surface area contributed by atoms with E-state index < -0.39 is 23.4 Å². The van der Waals surface area contributed by atoms with Gasteiger partial charge in [-0.05, 0) is 48.0 Å². The van der Waals surface area contributed by atoms with Crippen molar-refractivity contribution in [3.05, 3.63) is 90.9 Å². The van der Waals surface area contributed by atoms with Gasteiger partial charge in [0.1, 0.15) is 0 Å². The van der Waals surface area contributed by atoms with Gasteiger partial charge in [-0.15, -0.1) is 0 Å². The maximum Gasteiger partial charge on any atom is 0.343 e. The average molecular weight is 553 g/mol. The Kier molecular flexibility index (Phi) is 9.07. The van der Waals surface area contributed by atoms with Crippen molar-refractivity contribution in [2.75, 3.05) is 13.7 Å². The molecule has 10 nitrogen and oxygen atoms in total. The number of hydrazone groups is 1. The number of nitro benzene ring substituents is 1. The van der Waals surface area contributed by atoms with Gasteiger partial charge in [0.2, 0.25) is 0 Å². The Morgan fingerprint density at radius 3 is 2.31 bits per heavy atom. The molecule has 0 spiro atoms. The van der Waals surface area contributed by atoms with E-state index in [0.717, 1.165) is 0 Å². The van der Waals surface area contributed by atoms with Crippen LogP contribution < -0.4 is 19.6 Å². The highest BCUT2D eigenvalue weighted by Crippen LogP contribution is 2.35. The Balaban J connectivity index is 1.58. The Labute approximate surface area is 219 Å². The molecule has 1 amide bonds. The number of rotatable bonds is 9. The first kappa shape index (κ1) is 26.7. The Morgan fingerprint density at radius 1 is 1.03 bits per heavy atom. The van der Waals surface area contributed by atoms with Crippen LogP contribution in [0.3, 0.4) is 0 Å². The van der Waals surface area contributed by atoms with Gasteiger partial charge in [0.25, 0.3) is 11.6 Å². The van der Waals surface area contributed by atoms with Gasteiger partial charge in [0, 0.05) is 17.2 Å². The lowest BCUT2D eigenvalue weighted by atomic mass is 10.2. The first-order valence-electron chi connectivity index (χ1n) is 9.92. The molecule has 3 aromatic carbocycles. The molecule has 0 atom stereocenters. The topological polar surface area (TPSA) is 129 Å². The van der Waals surface area contributed by atoms with Gasteiger partial charge in [-0.25, -0.2) is 10.2 Å². The SMILES string of the molecule is COc1cc(/C=N/NC(=O)COc2c(Cl)cc(Cl)cc2Cl)ccc1OC(=O)c1ccc([N+](=O)[O-])cc1. The largest absolute Gasteiger partial charge is 0.493 e. The summed E-state index contributed by atoms with van der Waals surface area (Å²) >= 11 is 17.8. The van der Waals surface area contributed by atoms with Gasteiger partial charge in [0.15, 0.2) is 23.9 Å². The molecule has 0 saturated carbocycles. The molecule has 0 fully saturated rings. The summed E-state index contributed by atoms with van der Waals surface area (Å²) in [5, 5.41) is 15.2. The van der Waals surface area contributed by atoms with Crippen molar-refractivity contribution in [2.45, 2.75) is 0 Å². The van der Waals surface area contributed by atoms with Crippen LogP contribution in [0.25, 0.3) is 0 Å². The average Bonchev–Trinajstić information content (AvgIpc) is 2.84. The van der Waals surface area contributed by atoms with Crippen LogP contribution in [0.2, 0.25) is 15.1 Å². The molecule has 13 heteroatoms. The molecule has 0 saturated heterocycles. The molecule has 0 aliphatic heterocycles. The summed E-state index contributed by atoms with van der Waals surface area (Å²) in [5.41, 5.74) is 2.78. The van der Waals surface area contributed by atoms with Crippen molar-refractivity contribution in [1.82, 2.24) is 5.43 Å². The summed E-state index contributed by atoms with van der Waals surface area (Å²) in [6, 6.07) is 12.4. The molecule has 0 unspecified atom stereocenters. The molecule has 36 heavy (non-hydrogen) atoms. The highest BCUT2D eigenvalue weighted by molar-refractivity contribution is 6.40. The number of esters is 1. The normalized spacial score (nSPS) is 10.7. The molecular weight excluding hydrogens is 537 g/mol. The smallest absolute Gasteiger partial charge is 0.343 e. The lowest BCUT2D eigenvalue weighted by Gasteiger charge is -2.10.